The van der Waals surface area contributed by atoms with Crippen molar-refractivity contribution in [3.05, 3.63) is 40.5 Å². The quantitative estimate of drug-likeness (QED) is 0.752. The Kier molecular flexibility index (Phi) is 5.51. The van der Waals surface area contributed by atoms with Gasteiger partial charge in [0, 0.05) is 22.8 Å². The molecule has 0 bridgehead atoms. The second kappa shape index (κ2) is 7.23. The van der Waals surface area contributed by atoms with E-state index in [1.54, 1.807) is 25.1 Å². The Morgan fingerprint density at radius 3 is 2.54 bits per heavy atom. The molecular formula is C15H16ClF3N4O. The maximum absolute atomic E-state index is 13.0. The molecular weight excluding hydrogens is 345 g/mol. The molecule has 24 heavy (non-hydrogen) atoms. The minimum absolute atomic E-state index is 0.0371. The van der Waals surface area contributed by atoms with Crippen LogP contribution in [0.25, 0.3) is 0 Å². The van der Waals surface area contributed by atoms with Crippen molar-refractivity contribution in [2.24, 2.45) is 0 Å². The first-order valence-corrected chi connectivity index (χ1v) is 7.43. The minimum Gasteiger partial charge on any atom is -0.394 e. The van der Waals surface area contributed by atoms with Gasteiger partial charge in [-0.2, -0.15) is 18.2 Å². The molecule has 0 aliphatic carbocycles. The monoisotopic (exact) mass is 360 g/mol. The highest BCUT2D eigenvalue weighted by Crippen LogP contribution is 2.31. The lowest BCUT2D eigenvalue weighted by atomic mass is 10.2. The third-order valence-electron chi connectivity index (χ3n) is 3.11. The average molecular weight is 361 g/mol. The maximum Gasteiger partial charge on any atom is 0.433 e. The molecule has 2 aromatic rings. The maximum atomic E-state index is 13.0. The number of benzene rings is 1. The predicted octanol–water partition coefficient (Wildman–Crippen LogP) is 3.99. The van der Waals surface area contributed by atoms with Crippen LogP contribution < -0.4 is 10.6 Å². The fourth-order valence-corrected chi connectivity index (χ4v) is 1.99. The van der Waals surface area contributed by atoms with Crippen LogP contribution >= 0.6 is 11.6 Å². The molecule has 1 heterocycles. The SMILES string of the molecule is Cc1ccc(Nc2cc(C(F)(F)F)nc(N[C@@H](C)CO)n2)cc1Cl. The second-order valence-corrected chi connectivity index (χ2v) is 5.68. The summed E-state index contributed by atoms with van der Waals surface area (Å²) in [7, 11) is 0. The summed E-state index contributed by atoms with van der Waals surface area (Å²) in [6.07, 6.45) is -4.62. The van der Waals surface area contributed by atoms with Gasteiger partial charge in [-0.05, 0) is 31.5 Å². The van der Waals surface area contributed by atoms with Gasteiger partial charge in [0.2, 0.25) is 5.95 Å². The summed E-state index contributed by atoms with van der Waals surface area (Å²) in [5, 5.41) is 14.9. The molecule has 130 valence electrons. The summed E-state index contributed by atoms with van der Waals surface area (Å²) in [6, 6.07) is 5.33. The number of anilines is 3. The predicted molar refractivity (Wildman–Crippen MR) is 86.7 cm³/mol. The molecule has 0 saturated carbocycles. The normalized spacial score (nSPS) is 12.8. The summed E-state index contributed by atoms with van der Waals surface area (Å²) in [5.74, 6) is -0.267. The molecule has 1 aromatic heterocycles. The number of rotatable bonds is 5. The van der Waals surface area contributed by atoms with E-state index in [0.717, 1.165) is 11.6 Å². The van der Waals surface area contributed by atoms with Crippen LogP contribution in [-0.2, 0) is 6.18 Å². The number of aliphatic hydroxyl groups is 1. The van der Waals surface area contributed by atoms with Crippen LogP contribution in [0.3, 0.4) is 0 Å². The van der Waals surface area contributed by atoms with Crippen LogP contribution in [-0.4, -0.2) is 27.7 Å². The molecule has 1 atom stereocenters. The lowest BCUT2D eigenvalue weighted by molar-refractivity contribution is -0.141. The van der Waals surface area contributed by atoms with E-state index in [4.69, 9.17) is 16.7 Å². The number of aryl methyl sites for hydroxylation is 1. The van der Waals surface area contributed by atoms with E-state index in [-0.39, 0.29) is 18.4 Å². The molecule has 5 nitrogen and oxygen atoms in total. The van der Waals surface area contributed by atoms with Gasteiger partial charge in [0.25, 0.3) is 0 Å². The van der Waals surface area contributed by atoms with Crippen LogP contribution in [0.4, 0.5) is 30.6 Å². The van der Waals surface area contributed by atoms with Crippen molar-refractivity contribution in [1.29, 1.82) is 0 Å². The Balaban J connectivity index is 2.36. The number of alkyl halides is 3. The molecule has 1 aromatic carbocycles. The summed E-state index contributed by atoms with van der Waals surface area (Å²) in [6.45, 7) is 3.14. The zero-order valence-electron chi connectivity index (χ0n) is 12.9. The van der Waals surface area contributed by atoms with E-state index in [2.05, 4.69) is 20.6 Å². The fourth-order valence-electron chi connectivity index (χ4n) is 1.81. The van der Waals surface area contributed by atoms with Gasteiger partial charge >= 0.3 is 6.18 Å². The minimum atomic E-state index is -4.62. The van der Waals surface area contributed by atoms with E-state index in [0.29, 0.717) is 10.7 Å². The average Bonchev–Trinajstić information content (AvgIpc) is 2.49. The van der Waals surface area contributed by atoms with Crippen molar-refractivity contribution >= 4 is 29.1 Å². The lowest BCUT2D eigenvalue weighted by Gasteiger charge is -2.15. The molecule has 0 saturated heterocycles. The van der Waals surface area contributed by atoms with Crippen molar-refractivity contribution in [3.8, 4) is 0 Å². The van der Waals surface area contributed by atoms with Crippen LogP contribution in [0.5, 0.6) is 0 Å². The van der Waals surface area contributed by atoms with Crippen LogP contribution in [0.1, 0.15) is 18.2 Å². The molecule has 0 aliphatic rings. The highest BCUT2D eigenvalue weighted by molar-refractivity contribution is 6.31. The molecule has 0 radical (unpaired) electrons. The van der Waals surface area contributed by atoms with E-state index in [9.17, 15) is 13.2 Å². The Morgan fingerprint density at radius 1 is 1.25 bits per heavy atom. The molecule has 0 amide bonds. The van der Waals surface area contributed by atoms with Crippen LogP contribution in [0, 0.1) is 6.92 Å². The summed E-state index contributed by atoms with van der Waals surface area (Å²) < 4.78 is 39.0. The number of hydrogen-bond donors (Lipinski definition) is 3. The molecule has 2 rings (SSSR count). The first-order valence-electron chi connectivity index (χ1n) is 7.06. The summed E-state index contributed by atoms with van der Waals surface area (Å²) in [5.41, 5.74) is 0.254. The van der Waals surface area contributed by atoms with Gasteiger partial charge in [-0.3, -0.25) is 0 Å². The zero-order chi connectivity index (χ0) is 17.9. The Hall–Kier alpha value is -2.06. The van der Waals surface area contributed by atoms with E-state index >= 15 is 0 Å². The number of nitrogens with one attached hydrogen (secondary N) is 2. The van der Waals surface area contributed by atoms with Crippen LogP contribution in [0.15, 0.2) is 24.3 Å². The molecule has 3 N–H and O–H groups in total. The molecule has 0 fully saturated rings. The fraction of sp³-hybridized carbons (Fsp3) is 0.333. The van der Waals surface area contributed by atoms with Gasteiger partial charge in [-0.1, -0.05) is 17.7 Å². The molecule has 0 unspecified atom stereocenters. The first-order chi connectivity index (χ1) is 11.2. The smallest absolute Gasteiger partial charge is 0.394 e. The second-order valence-electron chi connectivity index (χ2n) is 5.28. The number of aromatic nitrogens is 2. The topological polar surface area (TPSA) is 70.1 Å². The largest absolute Gasteiger partial charge is 0.433 e. The number of aliphatic hydroxyl groups excluding tert-OH is 1. The summed E-state index contributed by atoms with van der Waals surface area (Å²) >= 11 is 6.01. The van der Waals surface area contributed by atoms with Gasteiger partial charge in [0.15, 0.2) is 5.69 Å². The van der Waals surface area contributed by atoms with E-state index < -0.39 is 17.9 Å². The highest BCUT2D eigenvalue weighted by atomic mass is 35.5. The molecule has 0 spiro atoms. The number of nitrogens with zero attached hydrogens (tertiary/aromatic N) is 2. The van der Waals surface area contributed by atoms with Gasteiger partial charge < -0.3 is 15.7 Å². The molecule has 0 aliphatic heterocycles. The third-order valence-corrected chi connectivity index (χ3v) is 3.52. The summed E-state index contributed by atoms with van der Waals surface area (Å²) in [4.78, 5) is 7.44. The Bertz CT molecular complexity index is 724. The number of halogens is 4. The zero-order valence-corrected chi connectivity index (χ0v) is 13.7. The van der Waals surface area contributed by atoms with Crippen molar-refractivity contribution in [1.82, 2.24) is 9.97 Å². The highest BCUT2D eigenvalue weighted by Gasteiger charge is 2.34. The van der Waals surface area contributed by atoms with Crippen molar-refractivity contribution in [3.63, 3.8) is 0 Å². The first kappa shape index (κ1) is 18.3. The van der Waals surface area contributed by atoms with E-state index in [1.165, 1.54) is 0 Å². The van der Waals surface area contributed by atoms with Crippen molar-refractivity contribution < 1.29 is 18.3 Å². The molecule has 9 heteroatoms. The lowest BCUT2D eigenvalue weighted by Crippen LogP contribution is -2.22. The van der Waals surface area contributed by atoms with E-state index in [1.807, 2.05) is 6.92 Å². The Labute approximate surface area is 141 Å². The number of hydrogen-bond acceptors (Lipinski definition) is 5. The van der Waals surface area contributed by atoms with Crippen molar-refractivity contribution in [2.75, 3.05) is 17.2 Å². The van der Waals surface area contributed by atoms with Gasteiger partial charge in [-0.15, -0.1) is 0 Å². The Morgan fingerprint density at radius 2 is 1.96 bits per heavy atom. The van der Waals surface area contributed by atoms with Crippen LogP contribution in [0.2, 0.25) is 5.02 Å². The third kappa shape index (κ3) is 4.72. The standard InChI is InChI=1S/C15H16ClF3N4O/c1-8-3-4-10(5-11(8)16)21-13-6-12(15(17,18)19)22-14(23-13)20-9(2)7-24/h3-6,9,24H,7H2,1-2H3,(H2,20,21,22,23)/t9-/m0/s1. The van der Waals surface area contributed by atoms with Gasteiger partial charge in [-0.25, -0.2) is 4.98 Å². The van der Waals surface area contributed by atoms with Gasteiger partial charge in [0.1, 0.15) is 5.82 Å². The van der Waals surface area contributed by atoms with Gasteiger partial charge in [0.05, 0.1) is 6.61 Å². The van der Waals surface area contributed by atoms with Crippen molar-refractivity contribution in [2.45, 2.75) is 26.1 Å².